The van der Waals surface area contributed by atoms with E-state index in [4.69, 9.17) is 6.57 Å². The van der Waals surface area contributed by atoms with Gasteiger partial charge in [-0.1, -0.05) is 36.4 Å². The van der Waals surface area contributed by atoms with E-state index in [1.54, 1.807) is 24.3 Å². The zero-order valence-electron chi connectivity index (χ0n) is 18.1. The standard InChI is InChI=1S/C24H16F6N4O2/c1-31-18-7-5-15(6-8-18)13-21(16-3-2-4-17(14-16)23(25,26)27)33-34-22(35)32-19-9-11-20(12-10-19)36-24(28,29)30/h2-12,14H,13H2,(H2,32,34,35)/b33-21-. The third-order valence-corrected chi connectivity index (χ3v) is 4.60. The van der Waals surface area contributed by atoms with Gasteiger partial charge in [0.1, 0.15) is 5.75 Å². The Morgan fingerprint density at radius 1 is 0.944 bits per heavy atom. The molecule has 0 atom stereocenters. The van der Waals surface area contributed by atoms with Crippen molar-refractivity contribution in [2.75, 3.05) is 5.32 Å². The fraction of sp³-hybridized carbons (Fsp3) is 0.125. The van der Waals surface area contributed by atoms with E-state index in [1.807, 2.05) is 0 Å². The Hall–Kier alpha value is -4.53. The maximum absolute atomic E-state index is 13.2. The molecule has 0 aliphatic rings. The molecule has 12 heteroatoms. The molecule has 3 aromatic carbocycles. The lowest BCUT2D eigenvalue weighted by Crippen LogP contribution is -2.26. The summed E-state index contributed by atoms with van der Waals surface area (Å²) in [5.74, 6) is -0.484. The summed E-state index contributed by atoms with van der Waals surface area (Å²) in [6, 6.07) is 14.1. The second-order valence-corrected chi connectivity index (χ2v) is 7.23. The van der Waals surface area contributed by atoms with E-state index in [2.05, 4.69) is 25.4 Å². The SMILES string of the molecule is [C-]#[N+]c1ccc(C/C(=N/NC(=O)Nc2ccc(OC(F)(F)F)cc2)c2cccc(C(F)(F)F)c2)cc1. The first-order valence-corrected chi connectivity index (χ1v) is 10.1. The quantitative estimate of drug-likeness (QED) is 0.165. The largest absolute Gasteiger partial charge is 0.573 e. The van der Waals surface area contributed by atoms with Crippen LogP contribution in [0.15, 0.2) is 77.9 Å². The summed E-state index contributed by atoms with van der Waals surface area (Å²) in [4.78, 5) is 15.5. The highest BCUT2D eigenvalue weighted by atomic mass is 19.4. The molecule has 0 aliphatic carbocycles. The van der Waals surface area contributed by atoms with Crippen LogP contribution in [0.1, 0.15) is 16.7 Å². The minimum absolute atomic E-state index is 0.0311. The van der Waals surface area contributed by atoms with Crippen LogP contribution in [0.2, 0.25) is 0 Å². The second-order valence-electron chi connectivity index (χ2n) is 7.23. The van der Waals surface area contributed by atoms with E-state index in [0.29, 0.717) is 11.3 Å². The topological polar surface area (TPSA) is 67.1 Å². The van der Waals surface area contributed by atoms with Crippen molar-refractivity contribution < 1.29 is 35.9 Å². The minimum atomic E-state index is -4.86. The Labute approximate surface area is 201 Å². The van der Waals surface area contributed by atoms with E-state index in [-0.39, 0.29) is 23.4 Å². The summed E-state index contributed by atoms with van der Waals surface area (Å²) in [7, 11) is 0. The molecule has 36 heavy (non-hydrogen) atoms. The maximum Gasteiger partial charge on any atom is 0.573 e. The zero-order chi connectivity index (χ0) is 26.3. The molecule has 6 nitrogen and oxygen atoms in total. The first-order chi connectivity index (χ1) is 16.9. The Balaban J connectivity index is 1.79. The van der Waals surface area contributed by atoms with Gasteiger partial charge in [-0.2, -0.15) is 18.3 Å². The molecule has 0 saturated carbocycles. The smallest absolute Gasteiger partial charge is 0.406 e. The van der Waals surface area contributed by atoms with Gasteiger partial charge in [0.25, 0.3) is 0 Å². The van der Waals surface area contributed by atoms with Crippen LogP contribution in [0.5, 0.6) is 5.75 Å². The zero-order valence-corrected chi connectivity index (χ0v) is 18.1. The number of carbonyl (C=O) groups is 1. The van der Waals surface area contributed by atoms with Gasteiger partial charge in [-0.25, -0.2) is 15.1 Å². The maximum atomic E-state index is 13.2. The van der Waals surface area contributed by atoms with Crippen molar-refractivity contribution in [1.29, 1.82) is 0 Å². The number of amides is 2. The summed E-state index contributed by atoms with van der Waals surface area (Å²) < 4.78 is 80.1. The number of benzene rings is 3. The lowest BCUT2D eigenvalue weighted by Gasteiger charge is -2.12. The van der Waals surface area contributed by atoms with Gasteiger partial charge in [-0.3, -0.25) is 0 Å². The highest BCUT2D eigenvalue weighted by Gasteiger charge is 2.31. The number of halogens is 6. The minimum Gasteiger partial charge on any atom is -0.406 e. The van der Waals surface area contributed by atoms with E-state index < -0.39 is 29.9 Å². The predicted molar refractivity (Wildman–Crippen MR) is 120 cm³/mol. The van der Waals surface area contributed by atoms with Crippen molar-refractivity contribution in [3.8, 4) is 5.75 Å². The summed E-state index contributed by atoms with van der Waals surface area (Å²) in [6.07, 6.45) is -9.42. The van der Waals surface area contributed by atoms with Crippen LogP contribution in [-0.2, 0) is 12.6 Å². The average Bonchev–Trinajstić information content (AvgIpc) is 2.82. The Morgan fingerprint density at radius 2 is 1.61 bits per heavy atom. The Kier molecular flexibility index (Phi) is 7.83. The second kappa shape index (κ2) is 10.8. The molecule has 0 saturated heterocycles. The molecule has 2 amide bonds. The summed E-state index contributed by atoms with van der Waals surface area (Å²) in [5.41, 5.74) is 2.60. The number of anilines is 1. The molecule has 0 heterocycles. The molecule has 0 bridgehead atoms. The predicted octanol–water partition coefficient (Wildman–Crippen LogP) is 6.92. The van der Waals surface area contributed by atoms with Gasteiger partial charge in [-0.05, 0) is 47.5 Å². The molecular formula is C24H16F6N4O2. The van der Waals surface area contributed by atoms with E-state index >= 15 is 0 Å². The molecule has 0 unspecified atom stereocenters. The van der Waals surface area contributed by atoms with Gasteiger partial charge in [-0.15, -0.1) is 13.2 Å². The third-order valence-electron chi connectivity index (χ3n) is 4.60. The summed E-state index contributed by atoms with van der Waals surface area (Å²) >= 11 is 0. The van der Waals surface area contributed by atoms with Crippen molar-refractivity contribution in [1.82, 2.24) is 5.43 Å². The number of rotatable bonds is 6. The highest BCUT2D eigenvalue weighted by molar-refractivity contribution is 6.03. The van der Waals surface area contributed by atoms with Crippen molar-refractivity contribution in [3.63, 3.8) is 0 Å². The fourth-order valence-corrected chi connectivity index (χ4v) is 2.98. The van der Waals surface area contributed by atoms with Gasteiger partial charge in [0.2, 0.25) is 0 Å². The number of nitrogens with zero attached hydrogens (tertiary/aromatic N) is 2. The van der Waals surface area contributed by atoms with Crippen LogP contribution in [0.25, 0.3) is 4.85 Å². The van der Waals surface area contributed by atoms with E-state index in [9.17, 15) is 31.1 Å². The van der Waals surface area contributed by atoms with Crippen LogP contribution in [0.3, 0.4) is 0 Å². The number of hydrogen-bond donors (Lipinski definition) is 2. The molecule has 0 aromatic heterocycles. The van der Waals surface area contributed by atoms with Crippen LogP contribution < -0.4 is 15.5 Å². The summed E-state index contributed by atoms with van der Waals surface area (Å²) in [6.45, 7) is 7.01. The van der Waals surface area contributed by atoms with E-state index in [0.717, 1.165) is 36.4 Å². The number of nitrogens with one attached hydrogen (secondary N) is 2. The lowest BCUT2D eigenvalue weighted by atomic mass is 10.00. The average molecular weight is 506 g/mol. The number of alkyl halides is 6. The first-order valence-electron chi connectivity index (χ1n) is 10.1. The molecule has 0 aliphatic heterocycles. The van der Waals surface area contributed by atoms with Crippen LogP contribution >= 0.6 is 0 Å². The van der Waals surface area contributed by atoms with Crippen molar-refractivity contribution in [2.45, 2.75) is 19.0 Å². The third kappa shape index (κ3) is 7.76. The van der Waals surface area contributed by atoms with Gasteiger partial charge < -0.3 is 10.1 Å². The van der Waals surface area contributed by atoms with Gasteiger partial charge in [0.15, 0.2) is 5.69 Å². The van der Waals surface area contributed by atoms with Crippen molar-refractivity contribution in [2.24, 2.45) is 5.10 Å². The van der Waals surface area contributed by atoms with Crippen molar-refractivity contribution in [3.05, 3.63) is 101 Å². The van der Waals surface area contributed by atoms with E-state index in [1.165, 1.54) is 12.1 Å². The number of ether oxygens (including phenoxy) is 1. The Bertz CT molecular complexity index is 1280. The normalized spacial score (nSPS) is 12.0. The van der Waals surface area contributed by atoms with Crippen LogP contribution in [0.4, 0.5) is 42.5 Å². The van der Waals surface area contributed by atoms with Crippen molar-refractivity contribution >= 4 is 23.1 Å². The molecule has 0 fully saturated rings. The van der Waals surface area contributed by atoms with Gasteiger partial charge in [0.05, 0.1) is 17.8 Å². The monoisotopic (exact) mass is 506 g/mol. The van der Waals surface area contributed by atoms with Gasteiger partial charge in [0, 0.05) is 12.1 Å². The molecule has 0 radical (unpaired) electrons. The molecule has 0 spiro atoms. The number of carbonyl (C=O) groups excluding carboxylic acids is 1. The van der Waals surface area contributed by atoms with Crippen LogP contribution in [0, 0.1) is 6.57 Å². The molecular weight excluding hydrogens is 490 g/mol. The van der Waals surface area contributed by atoms with Gasteiger partial charge >= 0.3 is 18.6 Å². The van der Waals surface area contributed by atoms with Crippen LogP contribution in [-0.4, -0.2) is 18.1 Å². The lowest BCUT2D eigenvalue weighted by molar-refractivity contribution is -0.274. The molecule has 3 aromatic rings. The number of hydrogen-bond acceptors (Lipinski definition) is 3. The first kappa shape index (κ1) is 26.1. The number of hydrazone groups is 1. The highest BCUT2D eigenvalue weighted by Crippen LogP contribution is 2.30. The molecule has 3 rings (SSSR count). The fourth-order valence-electron chi connectivity index (χ4n) is 2.98. The molecule has 186 valence electrons. The Morgan fingerprint density at radius 3 is 2.19 bits per heavy atom. The molecule has 2 N–H and O–H groups in total. The summed E-state index contributed by atoms with van der Waals surface area (Å²) in [5, 5.41) is 6.32. The number of urea groups is 1.